The van der Waals surface area contributed by atoms with Gasteiger partial charge in [-0.1, -0.05) is 49.4 Å². The van der Waals surface area contributed by atoms with Crippen molar-refractivity contribution in [3.63, 3.8) is 0 Å². The van der Waals surface area contributed by atoms with Crippen LogP contribution in [0.3, 0.4) is 0 Å². The second-order valence-electron chi connectivity index (χ2n) is 8.56. The van der Waals surface area contributed by atoms with Gasteiger partial charge in [0.1, 0.15) is 11.5 Å². The monoisotopic (exact) mass is 439 g/mol. The maximum absolute atomic E-state index is 13.2. The Bertz CT molecular complexity index is 1350. The first kappa shape index (κ1) is 21.0. The number of nitrogens with zero attached hydrogens (tertiary/aromatic N) is 1. The fourth-order valence-corrected chi connectivity index (χ4v) is 4.77. The second-order valence-corrected chi connectivity index (χ2v) is 8.56. The summed E-state index contributed by atoms with van der Waals surface area (Å²) < 4.78 is 13.4. The van der Waals surface area contributed by atoms with Crippen LogP contribution in [0.15, 0.2) is 72.8 Å². The molecule has 5 rings (SSSR count). The highest BCUT2D eigenvalue weighted by Gasteiger charge is 2.32. The third-order valence-electron chi connectivity index (χ3n) is 6.23. The lowest BCUT2D eigenvalue weighted by molar-refractivity contribution is 0.0603. The van der Waals surface area contributed by atoms with E-state index in [2.05, 4.69) is 11.5 Å². The van der Waals surface area contributed by atoms with Gasteiger partial charge in [0.2, 0.25) is 0 Å². The molecule has 0 fully saturated rings. The molecule has 0 bridgehead atoms. The fourth-order valence-electron chi connectivity index (χ4n) is 4.77. The number of aromatic nitrogens is 1. The van der Waals surface area contributed by atoms with Crippen LogP contribution in [0.25, 0.3) is 10.9 Å². The van der Waals surface area contributed by atoms with E-state index >= 15 is 0 Å². The summed E-state index contributed by atoms with van der Waals surface area (Å²) in [6.45, 7) is 2.62. The van der Waals surface area contributed by atoms with Crippen molar-refractivity contribution in [2.24, 2.45) is 5.92 Å². The Labute approximate surface area is 192 Å². The molecule has 33 heavy (non-hydrogen) atoms. The highest BCUT2D eigenvalue weighted by Crippen LogP contribution is 2.37. The van der Waals surface area contributed by atoms with Crippen molar-refractivity contribution in [2.45, 2.75) is 26.3 Å². The Morgan fingerprint density at radius 2 is 1.73 bits per heavy atom. The maximum Gasteiger partial charge on any atom is 0.338 e. The predicted molar refractivity (Wildman–Crippen MR) is 127 cm³/mol. The van der Waals surface area contributed by atoms with E-state index in [1.165, 1.54) is 7.11 Å². The zero-order valence-electron chi connectivity index (χ0n) is 18.7. The summed E-state index contributed by atoms with van der Waals surface area (Å²) in [4.78, 5) is 25.7. The molecule has 0 aliphatic heterocycles. The molecule has 0 amide bonds. The first-order chi connectivity index (χ1) is 16.1. The molecule has 0 spiro atoms. The second kappa shape index (κ2) is 8.58. The molecule has 166 valence electrons. The number of para-hydroxylation sites is 2. The van der Waals surface area contributed by atoms with Crippen molar-refractivity contribution in [1.82, 2.24) is 4.57 Å². The highest BCUT2D eigenvalue weighted by molar-refractivity contribution is 6.16. The van der Waals surface area contributed by atoms with Crippen LogP contribution in [-0.4, -0.2) is 23.4 Å². The molecule has 3 aromatic carbocycles. The Hall–Kier alpha value is -3.86. The van der Waals surface area contributed by atoms with Crippen LogP contribution in [0.5, 0.6) is 11.5 Å². The third kappa shape index (κ3) is 3.80. The molecular weight excluding hydrogens is 414 g/mol. The summed E-state index contributed by atoms with van der Waals surface area (Å²) in [7, 11) is 1.37. The number of carbonyl (C=O) groups excluding carboxylic acids is 2. The van der Waals surface area contributed by atoms with E-state index in [0.29, 0.717) is 29.5 Å². The summed E-state index contributed by atoms with van der Waals surface area (Å²) in [5.41, 5.74) is 3.92. The molecule has 1 atom stereocenters. The summed E-state index contributed by atoms with van der Waals surface area (Å²) >= 11 is 0. The average molecular weight is 440 g/mol. The molecule has 1 aromatic heterocycles. The van der Waals surface area contributed by atoms with Crippen molar-refractivity contribution < 1.29 is 19.1 Å². The minimum atomic E-state index is -0.431. The predicted octanol–water partition coefficient (Wildman–Crippen LogP) is 6.03. The van der Waals surface area contributed by atoms with Crippen LogP contribution in [0.2, 0.25) is 0 Å². The van der Waals surface area contributed by atoms with Gasteiger partial charge in [0.25, 0.3) is 0 Å². The number of Topliss-reactive ketones (excluding diaryl/α,β-unsaturated/α-hetero) is 1. The molecule has 0 N–H and O–H groups in total. The number of hydrogen-bond donors (Lipinski definition) is 0. The van der Waals surface area contributed by atoms with Crippen molar-refractivity contribution in [3.05, 3.63) is 95.2 Å². The molecular formula is C28H25NO4. The minimum absolute atomic E-state index is 0.0812. The molecule has 0 radical (unpaired) electrons. The van der Waals surface area contributed by atoms with E-state index < -0.39 is 5.97 Å². The zero-order chi connectivity index (χ0) is 22.9. The van der Waals surface area contributed by atoms with Gasteiger partial charge in [0.15, 0.2) is 5.78 Å². The van der Waals surface area contributed by atoms with Gasteiger partial charge >= 0.3 is 5.97 Å². The van der Waals surface area contributed by atoms with Gasteiger partial charge in [-0.3, -0.25) is 4.79 Å². The number of hydrogen-bond acceptors (Lipinski definition) is 4. The minimum Gasteiger partial charge on any atom is -0.465 e. The number of ether oxygens (including phenoxy) is 2. The number of carbonyl (C=O) groups is 2. The van der Waals surface area contributed by atoms with E-state index in [9.17, 15) is 9.59 Å². The van der Waals surface area contributed by atoms with E-state index in [-0.39, 0.29) is 11.7 Å². The molecule has 0 saturated heterocycles. The molecule has 5 nitrogen and oxygen atoms in total. The molecule has 1 heterocycles. The smallest absolute Gasteiger partial charge is 0.338 e. The maximum atomic E-state index is 13.2. The van der Waals surface area contributed by atoms with Crippen molar-refractivity contribution in [3.8, 4) is 11.5 Å². The first-order valence-electron chi connectivity index (χ1n) is 11.1. The van der Waals surface area contributed by atoms with Crippen LogP contribution < -0.4 is 4.74 Å². The van der Waals surface area contributed by atoms with Crippen molar-refractivity contribution in [1.29, 1.82) is 0 Å². The molecule has 5 heteroatoms. The Morgan fingerprint density at radius 3 is 2.52 bits per heavy atom. The largest absolute Gasteiger partial charge is 0.465 e. The van der Waals surface area contributed by atoms with Crippen molar-refractivity contribution in [2.75, 3.05) is 7.11 Å². The highest BCUT2D eigenvalue weighted by atomic mass is 16.5. The van der Waals surface area contributed by atoms with Gasteiger partial charge in [-0.15, -0.1) is 0 Å². The summed E-state index contributed by atoms with van der Waals surface area (Å²) in [5, 5.41) is 0.692. The lowest BCUT2D eigenvalue weighted by atomic mass is 9.86. The Kier molecular flexibility index (Phi) is 5.47. The van der Waals surface area contributed by atoms with Crippen molar-refractivity contribution >= 4 is 22.7 Å². The first-order valence-corrected chi connectivity index (χ1v) is 11.1. The van der Waals surface area contributed by atoms with Gasteiger partial charge in [-0.05, 0) is 42.7 Å². The normalized spacial score (nSPS) is 15.3. The number of methoxy groups -OCH3 is 1. The Morgan fingerprint density at radius 1 is 0.970 bits per heavy atom. The van der Waals surface area contributed by atoms with Gasteiger partial charge in [-0.25, -0.2) is 4.79 Å². The van der Waals surface area contributed by atoms with Crippen LogP contribution in [0, 0.1) is 5.92 Å². The number of fused-ring (bicyclic) bond motifs is 3. The third-order valence-corrected chi connectivity index (χ3v) is 6.23. The molecule has 0 saturated carbocycles. The van der Waals surface area contributed by atoms with Gasteiger partial charge < -0.3 is 14.0 Å². The lowest BCUT2D eigenvalue weighted by Crippen LogP contribution is -2.20. The van der Waals surface area contributed by atoms with Crippen LogP contribution in [0.4, 0.5) is 0 Å². The van der Waals surface area contributed by atoms with E-state index in [4.69, 9.17) is 9.47 Å². The standard InChI is InChI=1S/C28H25NO4/c1-18-15-23-27(24(30)16-18)26-21(28(31)32-2)12-8-13-22(26)29(23)17-19-9-6-7-14-25(19)33-20-10-4-3-5-11-20/h3-14,18H,15-17H2,1-2H3. The number of esters is 1. The lowest BCUT2D eigenvalue weighted by Gasteiger charge is -2.21. The Balaban J connectivity index is 1.67. The summed E-state index contributed by atoms with van der Waals surface area (Å²) in [6, 6.07) is 23.2. The van der Waals surface area contributed by atoms with E-state index in [1.54, 1.807) is 6.07 Å². The molecule has 1 aliphatic carbocycles. The van der Waals surface area contributed by atoms with Gasteiger partial charge in [0, 0.05) is 28.6 Å². The quantitative estimate of drug-likeness (QED) is 0.356. The molecule has 1 unspecified atom stereocenters. The summed E-state index contributed by atoms with van der Waals surface area (Å²) in [6.07, 6.45) is 1.26. The van der Waals surface area contributed by atoms with Crippen LogP contribution in [-0.2, 0) is 17.7 Å². The SMILES string of the molecule is COC(=O)c1cccc2c1c1c(n2Cc2ccccc2Oc2ccccc2)CC(C)CC1=O. The topological polar surface area (TPSA) is 57.5 Å². The van der Waals surface area contributed by atoms with Crippen LogP contribution >= 0.6 is 0 Å². The summed E-state index contributed by atoms with van der Waals surface area (Å²) in [5.74, 6) is 1.42. The molecule has 1 aliphatic rings. The molecule has 4 aromatic rings. The van der Waals surface area contributed by atoms with E-state index in [0.717, 1.165) is 34.7 Å². The fraction of sp³-hybridized carbons (Fsp3) is 0.214. The number of ketones is 1. The number of rotatable bonds is 5. The van der Waals surface area contributed by atoms with E-state index in [1.807, 2.05) is 66.7 Å². The average Bonchev–Trinajstić information content (AvgIpc) is 3.14. The van der Waals surface area contributed by atoms with Crippen LogP contribution in [0.1, 0.15) is 45.3 Å². The van der Waals surface area contributed by atoms with Gasteiger partial charge in [0.05, 0.1) is 24.7 Å². The zero-order valence-corrected chi connectivity index (χ0v) is 18.7. The van der Waals surface area contributed by atoms with Gasteiger partial charge in [-0.2, -0.15) is 0 Å². The number of benzene rings is 3.